The van der Waals surface area contributed by atoms with Crippen LogP contribution in [-0.2, 0) is 26.9 Å². The molecule has 1 N–H and O–H groups in total. The molecule has 1 aliphatic rings. The molecule has 1 aliphatic heterocycles. The summed E-state index contributed by atoms with van der Waals surface area (Å²) < 4.78 is 51.6. The summed E-state index contributed by atoms with van der Waals surface area (Å²) in [7, 11) is 0. The number of hydrogen-bond donors (Lipinski definition) is 1. The molecule has 2 aromatic rings. The van der Waals surface area contributed by atoms with Gasteiger partial charge in [0.2, 0.25) is 5.91 Å². The van der Waals surface area contributed by atoms with Crippen molar-refractivity contribution >= 4 is 17.6 Å². The molecule has 0 aromatic heterocycles. The van der Waals surface area contributed by atoms with Gasteiger partial charge in [-0.25, -0.2) is 4.79 Å². The second kappa shape index (κ2) is 13.4. The summed E-state index contributed by atoms with van der Waals surface area (Å²) in [6.45, 7) is 10.7. The molecule has 0 spiro atoms. The second-order valence-corrected chi connectivity index (χ2v) is 11.2. The number of nitrogens with zero attached hydrogens (tertiary/aromatic N) is 1. The maximum Gasteiger partial charge on any atom is 0.416 e. The van der Waals surface area contributed by atoms with Crippen molar-refractivity contribution in [1.82, 2.24) is 5.32 Å². The van der Waals surface area contributed by atoms with Crippen LogP contribution in [0.2, 0.25) is 0 Å². The van der Waals surface area contributed by atoms with Crippen LogP contribution in [0, 0.1) is 5.92 Å². The highest BCUT2D eigenvalue weighted by molar-refractivity contribution is 5.80. The lowest BCUT2D eigenvalue weighted by atomic mass is 9.93. The van der Waals surface area contributed by atoms with Crippen molar-refractivity contribution in [2.24, 2.45) is 5.92 Å². The van der Waals surface area contributed by atoms with Crippen molar-refractivity contribution in [2.75, 3.05) is 24.6 Å². The molecule has 0 saturated carbocycles. The lowest BCUT2D eigenvalue weighted by molar-refractivity contribution is -0.158. The minimum atomic E-state index is -4.44. The SMILES string of the molecule is CCOC(=O)C(C)(C)Oc1ccc(CC(=O)NC(CC(C)C)c2ccc(C(F)(F)F)cc2N2CCCCC2)cc1. The number of alkyl halides is 3. The van der Waals surface area contributed by atoms with Gasteiger partial charge in [0.1, 0.15) is 5.75 Å². The number of amides is 1. The molecule has 2 aromatic carbocycles. The summed E-state index contributed by atoms with van der Waals surface area (Å²) in [5.41, 5.74) is 0.158. The first kappa shape index (κ1) is 31.3. The van der Waals surface area contributed by atoms with Crippen molar-refractivity contribution < 1.29 is 32.2 Å². The zero-order chi connectivity index (χ0) is 29.5. The summed E-state index contributed by atoms with van der Waals surface area (Å²) in [6.07, 6.45) is -0.854. The van der Waals surface area contributed by atoms with Gasteiger partial charge in [0.15, 0.2) is 5.60 Å². The second-order valence-electron chi connectivity index (χ2n) is 11.2. The molecule has 0 aliphatic carbocycles. The first-order valence-corrected chi connectivity index (χ1v) is 14.0. The number of carbonyl (C=O) groups is 2. The Hall–Kier alpha value is -3.23. The van der Waals surface area contributed by atoms with E-state index in [-0.39, 0.29) is 24.9 Å². The van der Waals surface area contributed by atoms with Crippen LogP contribution in [0.1, 0.15) is 83.0 Å². The summed E-state index contributed by atoms with van der Waals surface area (Å²) in [5, 5.41) is 3.09. The number of anilines is 1. The quantitative estimate of drug-likeness (QED) is 0.303. The molecule has 1 heterocycles. The van der Waals surface area contributed by atoms with Crippen molar-refractivity contribution in [1.29, 1.82) is 0 Å². The average molecular weight is 563 g/mol. The third kappa shape index (κ3) is 8.63. The first-order valence-electron chi connectivity index (χ1n) is 14.0. The largest absolute Gasteiger partial charge is 0.476 e. The number of rotatable bonds is 11. The molecule has 3 rings (SSSR count). The van der Waals surface area contributed by atoms with E-state index in [0.717, 1.165) is 30.9 Å². The van der Waals surface area contributed by atoms with Gasteiger partial charge in [-0.1, -0.05) is 32.0 Å². The molecule has 40 heavy (non-hydrogen) atoms. The van der Waals surface area contributed by atoms with Crippen LogP contribution >= 0.6 is 0 Å². The molecule has 6 nitrogen and oxygen atoms in total. The van der Waals surface area contributed by atoms with Crippen LogP contribution in [0.15, 0.2) is 42.5 Å². The fraction of sp³-hybridized carbons (Fsp3) is 0.548. The van der Waals surface area contributed by atoms with Gasteiger partial charge in [-0.2, -0.15) is 13.2 Å². The van der Waals surface area contributed by atoms with Gasteiger partial charge in [0.05, 0.1) is 24.6 Å². The number of ether oxygens (including phenoxy) is 2. The predicted molar refractivity (Wildman–Crippen MR) is 149 cm³/mol. The van der Waals surface area contributed by atoms with Crippen molar-refractivity contribution in [3.05, 3.63) is 59.2 Å². The zero-order valence-corrected chi connectivity index (χ0v) is 24.1. The molecule has 1 amide bonds. The number of piperidine rings is 1. The number of nitrogens with one attached hydrogen (secondary N) is 1. The van der Waals surface area contributed by atoms with Crippen molar-refractivity contribution in [2.45, 2.75) is 84.5 Å². The highest BCUT2D eigenvalue weighted by Crippen LogP contribution is 2.38. The Kier molecular flexibility index (Phi) is 10.5. The normalized spacial score (nSPS) is 15.1. The molecule has 1 atom stereocenters. The predicted octanol–water partition coefficient (Wildman–Crippen LogP) is 6.86. The number of hydrogen-bond acceptors (Lipinski definition) is 5. The topological polar surface area (TPSA) is 67.9 Å². The van der Waals surface area contributed by atoms with E-state index >= 15 is 0 Å². The highest BCUT2D eigenvalue weighted by atomic mass is 19.4. The van der Waals surface area contributed by atoms with E-state index in [1.54, 1.807) is 45.0 Å². The van der Waals surface area contributed by atoms with Gasteiger partial charge in [-0.05, 0) is 87.8 Å². The fourth-order valence-electron chi connectivity index (χ4n) is 4.91. The highest BCUT2D eigenvalue weighted by Gasteiger charge is 2.33. The number of halogens is 3. The van der Waals surface area contributed by atoms with Gasteiger partial charge in [-0.15, -0.1) is 0 Å². The molecule has 1 unspecified atom stereocenters. The third-order valence-corrected chi connectivity index (χ3v) is 6.90. The molecular weight excluding hydrogens is 521 g/mol. The standard InChI is InChI=1S/C31H41F3N2O4/c1-6-39-29(38)30(4,5)40-24-13-10-22(11-14-24)19-28(37)35-26(18-21(2)3)25-15-12-23(31(32,33)34)20-27(25)36-16-8-7-9-17-36/h10-15,20-21,26H,6-9,16-19H2,1-5H3,(H,35,37). The molecule has 0 radical (unpaired) electrons. The monoisotopic (exact) mass is 562 g/mol. The van der Waals surface area contributed by atoms with Gasteiger partial charge in [-0.3, -0.25) is 4.79 Å². The van der Waals surface area contributed by atoms with E-state index in [9.17, 15) is 22.8 Å². The van der Waals surface area contributed by atoms with E-state index in [1.807, 2.05) is 18.7 Å². The smallest absolute Gasteiger partial charge is 0.416 e. The Morgan fingerprint density at radius 3 is 2.23 bits per heavy atom. The first-order chi connectivity index (χ1) is 18.8. The molecule has 220 valence electrons. The van der Waals surface area contributed by atoms with Crippen molar-refractivity contribution in [3.63, 3.8) is 0 Å². The fourth-order valence-corrected chi connectivity index (χ4v) is 4.91. The minimum Gasteiger partial charge on any atom is -0.476 e. The Morgan fingerprint density at radius 2 is 1.65 bits per heavy atom. The van der Waals surface area contributed by atoms with Crippen LogP contribution in [0.3, 0.4) is 0 Å². The Morgan fingerprint density at radius 1 is 1.00 bits per heavy atom. The maximum absolute atomic E-state index is 13.6. The van der Waals surface area contributed by atoms with Crippen molar-refractivity contribution in [3.8, 4) is 5.75 Å². The lowest BCUT2D eigenvalue weighted by Gasteiger charge is -2.34. The van der Waals surface area contributed by atoms with E-state index in [4.69, 9.17) is 9.47 Å². The number of carbonyl (C=O) groups excluding carboxylic acids is 2. The van der Waals surface area contributed by atoms with Crippen LogP contribution in [0.25, 0.3) is 0 Å². The Labute approximate surface area is 235 Å². The molecule has 1 fully saturated rings. The summed E-state index contributed by atoms with van der Waals surface area (Å²) in [5.74, 6) is -0.0192. The number of esters is 1. The van der Waals surface area contributed by atoms with E-state index < -0.39 is 29.4 Å². The van der Waals surface area contributed by atoms with E-state index in [0.29, 0.717) is 36.5 Å². The Balaban J connectivity index is 1.78. The zero-order valence-electron chi connectivity index (χ0n) is 24.1. The molecule has 9 heteroatoms. The van der Waals surface area contributed by atoms with Crippen LogP contribution in [-0.4, -0.2) is 37.2 Å². The third-order valence-electron chi connectivity index (χ3n) is 6.90. The van der Waals surface area contributed by atoms with Gasteiger partial charge >= 0.3 is 12.1 Å². The maximum atomic E-state index is 13.6. The Bertz CT molecular complexity index is 1140. The van der Waals surface area contributed by atoms with Crippen LogP contribution < -0.4 is 15.0 Å². The van der Waals surface area contributed by atoms with E-state index in [2.05, 4.69) is 5.32 Å². The lowest BCUT2D eigenvalue weighted by Crippen LogP contribution is -2.39. The summed E-state index contributed by atoms with van der Waals surface area (Å²) in [6, 6.07) is 10.3. The summed E-state index contributed by atoms with van der Waals surface area (Å²) >= 11 is 0. The number of benzene rings is 2. The van der Waals surface area contributed by atoms with Crippen LogP contribution in [0.4, 0.5) is 18.9 Å². The average Bonchev–Trinajstić information content (AvgIpc) is 2.89. The van der Waals surface area contributed by atoms with Gasteiger partial charge in [0, 0.05) is 18.8 Å². The molecular formula is C31H41F3N2O4. The van der Waals surface area contributed by atoms with Gasteiger partial charge in [0.25, 0.3) is 0 Å². The minimum absolute atomic E-state index is 0.0931. The van der Waals surface area contributed by atoms with Crippen LogP contribution in [0.5, 0.6) is 5.75 Å². The molecule has 0 bridgehead atoms. The van der Waals surface area contributed by atoms with E-state index in [1.165, 1.54) is 12.1 Å². The van der Waals surface area contributed by atoms with Gasteiger partial charge < -0.3 is 19.7 Å². The summed E-state index contributed by atoms with van der Waals surface area (Å²) in [4.78, 5) is 27.3. The molecule has 1 saturated heterocycles.